The molecule has 0 spiro atoms. The average molecular weight is 327 g/mol. The molecule has 0 amide bonds. The third-order valence-corrected chi connectivity index (χ3v) is 2.82. The van der Waals surface area contributed by atoms with Crippen molar-refractivity contribution < 1.29 is 18.3 Å². The minimum Gasteiger partial charge on any atom is -0.465 e. The molecule has 15 heavy (non-hydrogen) atoms. The van der Waals surface area contributed by atoms with Crippen molar-refractivity contribution in [2.45, 2.75) is 13.3 Å². The highest BCUT2D eigenvalue weighted by Crippen LogP contribution is 2.28. The van der Waals surface area contributed by atoms with Gasteiger partial charge in [-0.1, -0.05) is 0 Å². The van der Waals surface area contributed by atoms with Crippen molar-refractivity contribution in [1.82, 2.24) is 4.98 Å². The Balaban J connectivity index is 3.35. The molecular weight excluding hydrogens is 319 g/mol. The van der Waals surface area contributed by atoms with Gasteiger partial charge in [-0.2, -0.15) is 0 Å². The molecule has 0 aromatic carbocycles. The van der Waals surface area contributed by atoms with E-state index in [2.05, 4.69) is 9.72 Å². The zero-order valence-corrected chi connectivity index (χ0v) is 10.2. The van der Waals surface area contributed by atoms with E-state index in [0.717, 1.165) is 0 Å². The van der Waals surface area contributed by atoms with Crippen LogP contribution in [-0.4, -0.2) is 18.1 Å². The third kappa shape index (κ3) is 2.42. The molecule has 0 fully saturated rings. The summed E-state index contributed by atoms with van der Waals surface area (Å²) in [5.41, 5.74) is 0.0861. The van der Waals surface area contributed by atoms with Gasteiger partial charge in [0.05, 0.1) is 18.2 Å². The molecule has 0 saturated carbocycles. The number of halogens is 3. The number of carbonyl (C=O) groups is 1. The molecule has 1 heterocycles. The number of ether oxygens (including phenoxy) is 1. The fourth-order valence-electron chi connectivity index (χ4n) is 1.16. The predicted octanol–water partition coefficient (Wildman–Crippen LogP) is 2.72. The van der Waals surface area contributed by atoms with Crippen molar-refractivity contribution in [2.75, 3.05) is 7.11 Å². The summed E-state index contributed by atoms with van der Waals surface area (Å²) in [5, 5.41) is 0. The molecule has 0 aliphatic carbocycles. The Hall–Kier alpha value is -0.790. The summed E-state index contributed by atoms with van der Waals surface area (Å²) in [7, 11) is 1.20. The highest BCUT2D eigenvalue weighted by Gasteiger charge is 2.21. The third-order valence-electron chi connectivity index (χ3n) is 1.96. The second-order valence-electron chi connectivity index (χ2n) is 2.79. The predicted molar refractivity (Wildman–Crippen MR) is 58.0 cm³/mol. The van der Waals surface area contributed by atoms with Crippen LogP contribution in [0.5, 0.6) is 0 Å². The first-order valence-corrected chi connectivity index (χ1v) is 5.08. The standard InChI is InChI=1S/C9H8F2INO2/c1-4-5(9(14)15-2)3-13-8(12)6(4)7(10)11/h3,7H,1-2H3. The molecule has 1 aromatic heterocycles. The lowest BCUT2D eigenvalue weighted by molar-refractivity contribution is 0.0598. The molecule has 6 heteroatoms. The first-order valence-electron chi connectivity index (χ1n) is 4.00. The topological polar surface area (TPSA) is 39.2 Å². The maximum absolute atomic E-state index is 12.6. The molecule has 0 aliphatic heterocycles. The Morgan fingerprint density at radius 2 is 2.20 bits per heavy atom. The molecule has 0 atom stereocenters. The van der Waals surface area contributed by atoms with Crippen LogP contribution in [0.25, 0.3) is 0 Å². The SMILES string of the molecule is COC(=O)c1cnc(I)c(C(F)F)c1C. The number of aromatic nitrogens is 1. The van der Waals surface area contributed by atoms with Gasteiger partial charge in [0.2, 0.25) is 0 Å². The number of methoxy groups -OCH3 is 1. The van der Waals surface area contributed by atoms with Gasteiger partial charge in [-0.15, -0.1) is 0 Å². The van der Waals surface area contributed by atoms with Crippen molar-refractivity contribution in [2.24, 2.45) is 0 Å². The minimum atomic E-state index is -2.64. The number of hydrogen-bond acceptors (Lipinski definition) is 3. The zero-order valence-electron chi connectivity index (χ0n) is 8.05. The van der Waals surface area contributed by atoms with Gasteiger partial charge in [-0.05, 0) is 35.1 Å². The van der Waals surface area contributed by atoms with Gasteiger partial charge >= 0.3 is 5.97 Å². The smallest absolute Gasteiger partial charge is 0.339 e. The molecule has 82 valence electrons. The van der Waals surface area contributed by atoms with E-state index in [4.69, 9.17) is 0 Å². The summed E-state index contributed by atoms with van der Waals surface area (Å²) in [5.74, 6) is -0.654. The average Bonchev–Trinajstić information content (AvgIpc) is 2.16. The van der Waals surface area contributed by atoms with Crippen molar-refractivity contribution in [3.05, 3.63) is 26.6 Å². The molecule has 0 radical (unpaired) electrons. The van der Waals surface area contributed by atoms with Crippen molar-refractivity contribution >= 4 is 28.6 Å². The summed E-state index contributed by atoms with van der Waals surface area (Å²) in [6.07, 6.45) is -1.40. The number of pyridine rings is 1. The first-order chi connectivity index (χ1) is 6.99. The van der Waals surface area contributed by atoms with Crippen LogP contribution >= 0.6 is 22.6 Å². The second kappa shape index (κ2) is 4.82. The summed E-state index contributed by atoms with van der Waals surface area (Å²) in [4.78, 5) is 14.9. The van der Waals surface area contributed by atoms with E-state index in [-0.39, 0.29) is 20.4 Å². The fraction of sp³-hybridized carbons (Fsp3) is 0.333. The lowest BCUT2D eigenvalue weighted by Gasteiger charge is -2.10. The van der Waals surface area contributed by atoms with Crippen molar-refractivity contribution in [3.63, 3.8) is 0 Å². The van der Waals surface area contributed by atoms with Crippen molar-refractivity contribution in [3.8, 4) is 0 Å². The van der Waals surface area contributed by atoms with Crippen LogP contribution in [0.4, 0.5) is 8.78 Å². The maximum Gasteiger partial charge on any atom is 0.339 e. The van der Waals surface area contributed by atoms with Gasteiger partial charge in [0.15, 0.2) is 0 Å². The van der Waals surface area contributed by atoms with E-state index in [1.807, 2.05) is 0 Å². The quantitative estimate of drug-likeness (QED) is 0.476. The van der Waals surface area contributed by atoms with Gasteiger partial charge in [0, 0.05) is 6.20 Å². The van der Waals surface area contributed by atoms with E-state index < -0.39 is 12.4 Å². The number of carbonyl (C=O) groups excluding carboxylic acids is 1. The molecule has 1 rings (SSSR count). The van der Waals surface area contributed by atoms with Crippen LogP contribution in [0.3, 0.4) is 0 Å². The molecule has 0 N–H and O–H groups in total. The Labute approximate surface area is 99.0 Å². The van der Waals surface area contributed by atoms with E-state index in [9.17, 15) is 13.6 Å². The van der Waals surface area contributed by atoms with Gasteiger partial charge in [-0.25, -0.2) is 18.6 Å². The molecular formula is C9H8F2INO2. The van der Waals surface area contributed by atoms with Crippen LogP contribution in [0, 0.1) is 10.6 Å². The fourth-order valence-corrected chi connectivity index (χ4v) is 1.94. The Morgan fingerprint density at radius 1 is 1.60 bits per heavy atom. The van der Waals surface area contributed by atoms with E-state index in [0.29, 0.717) is 0 Å². The lowest BCUT2D eigenvalue weighted by atomic mass is 10.1. The summed E-state index contributed by atoms with van der Waals surface area (Å²) in [6, 6.07) is 0. The molecule has 0 unspecified atom stereocenters. The zero-order chi connectivity index (χ0) is 11.6. The van der Waals surface area contributed by atoms with Crippen LogP contribution in [0.15, 0.2) is 6.20 Å². The van der Waals surface area contributed by atoms with Gasteiger partial charge in [0.25, 0.3) is 6.43 Å². The van der Waals surface area contributed by atoms with Crippen LogP contribution < -0.4 is 0 Å². The Bertz CT molecular complexity index is 396. The Morgan fingerprint density at radius 3 is 2.67 bits per heavy atom. The van der Waals surface area contributed by atoms with Gasteiger partial charge in [-0.3, -0.25) is 0 Å². The number of rotatable bonds is 2. The van der Waals surface area contributed by atoms with Crippen molar-refractivity contribution in [1.29, 1.82) is 0 Å². The molecule has 0 aliphatic rings. The van der Waals surface area contributed by atoms with E-state index >= 15 is 0 Å². The second-order valence-corrected chi connectivity index (χ2v) is 3.82. The Kier molecular flexibility index (Phi) is 3.95. The highest BCUT2D eigenvalue weighted by atomic mass is 127. The van der Waals surface area contributed by atoms with Gasteiger partial charge in [0.1, 0.15) is 3.70 Å². The van der Waals surface area contributed by atoms with Gasteiger partial charge < -0.3 is 4.74 Å². The summed E-state index contributed by atoms with van der Waals surface area (Å²) < 4.78 is 29.9. The normalized spacial score (nSPS) is 10.5. The summed E-state index contributed by atoms with van der Waals surface area (Å²) in [6.45, 7) is 1.46. The number of alkyl halides is 2. The van der Waals surface area contributed by atoms with E-state index in [1.54, 1.807) is 22.6 Å². The van der Waals surface area contributed by atoms with E-state index in [1.165, 1.54) is 20.2 Å². The molecule has 0 saturated heterocycles. The molecule has 0 bridgehead atoms. The maximum atomic E-state index is 12.6. The van der Waals surface area contributed by atoms with Crippen LogP contribution in [0.1, 0.15) is 27.9 Å². The van der Waals surface area contributed by atoms with Crippen LogP contribution in [0.2, 0.25) is 0 Å². The molecule has 1 aromatic rings. The lowest BCUT2D eigenvalue weighted by Crippen LogP contribution is -2.09. The number of esters is 1. The van der Waals surface area contributed by atoms with Crippen LogP contribution in [-0.2, 0) is 4.74 Å². The number of hydrogen-bond donors (Lipinski definition) is 0. The first kappa shape index (κ1) is 12.3. The minimum absolute atomic E-state index is 0.0771. The largest absolute Gasteiger partial charge is 0.465 e. The molecule has 3 nitrogen and oxygen atoms in total. The monoisotopic (exact) mass is 327 g/mol. The summed E-state index contributed by atoms with van der Waals surface area (Å²) >= 11 is 1.71. The number of nitrogens with zero attached hydrogens (tertiary/aromatic N) is 1. The highest BCUT2D eigenvalue weighted by molar-refractivity contribution is 14.1.